The number of hydrogen-bond donors (Lipinski definition) is 1. The summed E-state index contributed by atoms with van der Waals surface area (Å²) in [6, 6.07) is 4.03. The lowest BCUT2D eigenvalue weighted by Crippen LogP contribution is -2.49. The van der Waals surface area contributed by atoms with E-state index in [0.717, 1.165) is 18.5 Å². The largest absolute Gasteiger partial charge is 0.450 e. The number of anilines is 1. The van der Waals surface area contributed by atoms with E-state index in [9.17, 15) is 9.59 Å². The van der Waals surface area contributed by atoms with Gasteiger partial charge in [0.25, 0.3) is 5.91 Å². The van der Waals surface area contributed by atoms with Crippen LogP contribution in [-0.2, 0) is 4.74 Å². The standard InChI is InChI=1S/C20H30N4O3/c1-2-27-20(26)24-13-11-23(12-14-24)17-9-10-21-18(15-17)19(25)22-16-7-5-3-4-6-8-16/h9-10,15-16H,2-8,11-14H2,1H3,(H,22,25). The van der Waals surface area contributed by atoms with Crippen LogP contribution in [-0.4, -0.2) is 60.7 Å². The Kier molecular flexibility index (Phi) is 6.90. The Bertz CT molecular complexity index is 636. The average molecular weight is 374 g/mol. The van der Waals surface area contributed by atoms with Crippen molar-refractivity contribution in [3.8, 4) is 0 Å². The zero-order chi connectivity index (χ0) is 19.1. The molecule has 0 bridgehead atoms. The van der Waals surface area contributed by atoms with Gasteiger partial charge in [-0.15, -0.1) is 0 Å². The summed E-state index contributed by atoms with van der Waals surface area (Å²) in [5.41, 5.74) is 1.43. The molecule has 2 fully saturated rings. The van der Waals surface area contributed by atoms with Crippen LogP contribution in [0.25, 0.3) is 0 Å². The monoisotopic (exact) mass is 374 g/mol. The van der Waals surface area contributed by atoms with Crippen LogP contribution in [0.4, 0.5) is 10.5 Å². The second-order valence-corrected chi connectivity index (χ2v) is 7.23. The molecule has 0 radical (unpaired) electrons. The first-order valence-corrected chi connectivity index (χ1v) is 10.1. The third-order valence-electron chi connectivity index (χ3n) is 5.34. The van der Waals surface area contributed by atoms with Crippen LogP contribution in [0.15, 0.2) is 18.3 Å². The van der Waals surface area contributed by atoms with Crippen LogP contribution in [0, 0.1) is 0 Å². The minimum atomic E-state index is -0.254. The summed E-state index contributed by atoms with van der Waals surface area (Å²) < 4.78 is 5.06. The van der Waals surface area contributed by atoms with Crippen molar-refractivity contribution in [2.75, 3.05) is 37.7 Å². The van der Waals surface area contributed by atoms with E-state index < -0.39 is 0 Å². The fraction of sp³-hybridized carbons (Fsp3) is 0.650. The van der Waals surface area contributed by atoms with E-state index in [4.69, 9.17) is 4.74 Å². The maximum absolute atomic E-state index is 12.6. The molecule has 2 amide bonds. The second-order valence-electron chi connectivity index (χ2n) is 7.23. The molecule has 0 spiro atoms. The van der Waals surface area contributed by atoms with Gasteiger partial charge in [0.1, 0.15) is 5.69 Å². The minimum absolute atomic E-state index is 0.0890. The van der Waals surface area contributed by atoms with E-state index in [1.54, 1.807) is 11.1 Å². The van der Waals surface area contributed by atoms with Gasteiger partial charge in [0, 0.05) is 44.1 Å². The molecule has 1 aromatic rings. The molecule has 0 unspecified atom stereocenters. The van der Waals surface area contributed by atoms with Crippen molar-refractivity contribution in [2.45, 2.75) is 51.5 Å². The lowest BCUT2D eigenvalue weighted by atomic mass is 10.1. The molecule has 1 saturated heterocycles. The molecule has 1 N–H and O–H groups in total. The van der Waals surface area contributed by atoms with Crippen LogP contribution in [0.2, 0.25) is 0 Å². The average Bonchev–Trinajstić information content (AvgIpc) is 2.97. The fourth-order valence-electron chi connectivity index (χ4n) is 3.79. The van der Waals surface area contributed by atoms with E-state index in [1.807, 2.05) is 19.1 Å². The highest BCUT2D eigenvalue weighted by Crippen LogP contribution is 2.19. The van der Waals surface area contributed by atoms with E-state index >= 15 is 0 Å². The molecule has 0 atom stereocenters. The number of piperazine rings is 1. The number of amides is 2. The van der Waals surface area contributed by atoms with Gasteiger partial charge in [-0.2, -0.15) is 0 Å². The number of carbonyl (C=O) groups is 2. The number of pyridine rings is 1. The Hall–Kier alpha value is -2.31. The third kappa shape index (κ3) is 5.34. The molecule has 1 saturated carbocycles. The van der Waals surface area contributed by atoms with E-state index in [0.29, 0.717) is 38.5 Å². The van der Waals surface area contributed by atoms with Crippen LogP contribution in [0.3, 0.4) is 0 Å². The molecule has 1 aliphatic heterocycles. The summed E-state index contributed by atoms with van der Waals surface area (Å²) in [7, 11) is 0. The molecule has 2 aliphatic rings. The van der Waals surface area contributed by atoms with Gasteiger partial charge in [0.05, 0.1) is 6.61 Å². The Morgan fingerprint density at radius 1 is 1.15 bits per heavy atom. The Labute approximate surface area is 161 Å². The van der Waals surface area contributed by atoms with Crippen molar-refractivity contribution < 1.29 is 14.3 Å². The van der Waals surface area contributed by atoms with Crippen LogP contribution < -0.4 is 10.2 Å². The van der Waals surface area contributed by atoms with Crippen molar-refractivity contribution in [3.05, 3.63) is 24.0 Å². The molecule has 27 heavy (non-hydrogen) atoms. The van der Waals surface area contributed by atoms with Crippen molar-refractivity contribution in [1.82, 2.24) is 15.2 Å². The van der Waals surface area contributed by atoms with Gasteiger partial charge in [0.15, 0.2) is 0 Å². The normalized spacial score (nSPS) is 18.7. The number of carbonyl (C=O) groups excluding carboxylic acids is 2. The molecule has 7 heteroatoms. The smallest absolute Gasteiger partial charge is 0.409 e. The number of aromatic nitrogens is 1. The fourth-order valence-corrected chi connectivity index (χ4v) is 3.79. The van der Waals surface area contributed by atoms with Gasteiger partial charge in [-0.05, 0) is 31.9 Å². The molecular weight excluding hydrogens is 344 g/mol. The summed E-state index contributed by atoms with van der Waals surface area (Å²) in [4.78, 5) is 32.6. The van der Waals surface area contributed by atoms with E-state index in [-0.39, 0.29) is 18.0 Å². The van der Waals surface area contributed by atoms with E-state index in [1.165, 1.54) is 25.7 Å². The first-order chi connectivity index (χ1) is 13.2. The molecule has 1 aliphatic carbocycles. The lowest BCUT2D eigenvalue weighted by Gasteiger charge is -2.35. The highest BCUT2D eigenvalue weighted by Gasteiger charge is 2.23. The van der Waals surface area contributed by atoms with Gasteiger partial charge in [-0.3, -0.25) is 9.78 Å². The molecule has 2 heterocycles. The lowest BCUT2D eigenvalue weighted by molar-refractivity contribution is 0.0928. The third-order valence-corrected chi connectivity index (χ3v) is 5.34. The maximum atomic E-state index is 12.6. The molecular formula is C20H30N4O3. The van der Waals surface area contributed by atoms with Crippen molar-refractivity contribution in [1.29, 1.82) is 0 Å². The maximum Gasteiger partial charge on any atom is 0.409 e. The summed E-state index contributed by atoms with van der Waals surface area (Å²) in [6.07, 6.45) is 8.44. The van der Waals surface area contributed by atoms with Gasteiger partial charge in [-0.1, -0.05) is 25.7 Å². The number of hydrogen-bond acceptors (Lipinski definition) is 5. The second kappa shape index (κ2) is 9.58. The number of rotatable bonds is 4. The Morgan fingerprint density at radius 3 is 2.52 bits per heavy atom. The topological polar surface area (TPSA) is 74.8 Å². The van der Waals surface area contributed by atoms with Crippen LogP contribution >= 0.6 is 0 Å². The summed E-state index contributed by atoms with van der Waals surface area (Å²) in [5, 5.41) is 3.15. The summed E-state index contributed by atoms with van der Waals surface area (Å²) >= 11 is 0. The highest BCUT2D eigenvalue weighted by atomic mass is 16.6. The number of nitrogens with one attached hydrogen (secondary N) is 1. The number of nitrogens with zero attached hydrogens (tertiary/aromatic N) is 3. The zero-order valence-electron chi connectivity index (χ0n) is 16.2. The number of ether oxygens (including phenoxy) is 1. The predicted molar refractivity (Wildman–Crippen MR) is 104 cm³/mol. The van der Waals surface area contributed by atoms with Gasteiger partial charge < -0.3 is 19.9 Å². The molecule has 3 rings (SSSR count). The minimum Gasteiger partial charge on any atom is -0.450 e. The van der Waals surface area contributed by atoms with Crippen LogP contribution in [0.5, 0.6) is 0 Å². The van der Waals surface area contributed by atoms with Crippen LogP contribution in [0.1, 0.15) is 55.9 Å². The van der Waals surface area contributed by atoms with Gasteiger partial charge >= 0.3 is 6.09 Å². The molecule has 0 aromatic carbocycles. The first kappa shape index (κ1) is 19.5. The van der Waals surface area contributed by atoms with Gasteiger partial charge in [-0.25, -0.2) is 4.79 Å². The highest BCUT2D eigenvalue weighted by molar-refractivity contribution is 5.93. The SMILES string of the molecule is CCOC(=O)N1CCN(c2ccnc(C(=O)NC3CCCCCC3)c2)CC1. The van der Waals surface area contributed by atoms with Crippen molar-refractivity contribution in [3.63, 3.8) is 0 Å². The zero-order valence-corrected chi connectivity index (χ0v) is 16.2. The van der Waals surface area contributed by atoms with Crippen molar-refractivity contribution >= 4 is 17.7 Å². The summed E-state index contributed by atoms with van der Waals surface area (Å²) in [5.74, 6) is -0.0890. The predicted octanol–water partition coefficient (Wildman–Crippen LogP) is 2.81. The summed E-state index contributed by atoms with van der Waals surface area (Å²) in [6.45, 7) is 4.87. The Morgan fingerprint density at radius 2 is 1.85 bits per heavy atom. The molecule has 1 aromatic heterocycles. The first-order valence-electron chi connectivity index (χ1n) is 10.1. The van der Waals surface area contributed by atoms with E-state index in [2.05, 4.69) is 15.2 Å². The quantitative estimate of drug-likeness (QED) is 0.821. The van der Waals surface area contributed by atoms with Crippen molar-refractivity contribution in [2.24, 2.45) is 0 Å². The molecule has 7 nitrogen and oxygen atoms in total. The Balaban J connectivity index is 1.57. The van der Waals surface area contributed by atoms with Gasteiger partial charge in [0.2, 0.25) is 0 Å². The molecule has 148 valence electrons.